The average molecular weight is 497 g/mol. The van der Waals surface area contributed by atoms with E-state index in [0.29, 0.717) is 6.61 Å². The second kappa shape index (κ2) is 18.4. The van der Waals surface area contributed by atoms with Crippen LogP contribution in [0.25, 0.3) is 0 Å². The van der Waals surface area contributed by atoms with Crippen molar-refractivity contribution in [1.82, 2.24) is 10.6 Å². The molecule has 5 heteroatoms. The summed E-state index contributed by atoms with van der Waals surface area (Å²) in [5, 5.41) is 7.04. The van der Waals surface area contributed by atoms with Gasteiger partial charge in [-0.15, -0.1) is 0 Å². The third-order valence-corrected chi connectivity index (χ3v) is 7.19. The molecular formula is C31H53BN2O2. The van der Waals surface area contributed by atoms with Crippen LogP contribution in [0.5, 0.6) is 5.75 Å². The predicted octanol–water partition coefficient (Wildman–Crippen LogP) is 6.21. The normalized spacial score (nSPS) is 13.6. The van der Waals surface area contributed by atoms with E-state index in [4.69, 9.17) is 9.47 Å². The molecule has 0 saturated heterocycles. The molecular weight excluding hydrogens is 443 g/mol. The van der Waals surface area contributed by atoms with E-state index in [1.165, 1.54) is 28.7 Å². The Morgan fingerprint density at radius 2 is 1.81 bits per heavy atom. The van der Waals surface area contributed by atoms with E-state index in [-0.39, 0.29) is 5.41 Å². The van der Waals surface area contributed by atoms with E-state index in [1.807, 2.05) is 13.0 Å². The zero-order chi connectivity index (χ0) is 26.8. The smallest absolute Gasteiger partial charge is 0.0651 e. The maximum absolute atomic E-state index is 6.04. The molecule has 0 saturated carbocycles. The molecule has 0 radical (unpaired) electrons. The van der Waals surface area contributed by atoms with Gasteiger partial charge in [-0.1, -0.05) is 6.92 Å². The Bertz CT molecular complexity index is 821. The molecule has 202 valence electrons. The van der Waals surface area contributed by atoms with Crippen molar-refractivity contribution in [3.8, 4) is 5.75 Å². The molecule has 0 amide bonds. The van der Waals surface area contributed by atoms with Crippen LogP contribution in [-0.2, 0) is 10.2 Å². The molecule has 0 aromatic heterocycles. The van der Waals surface area contributed by atoms with Crippen molar-refractivity contribution in [1.29, 1.82) is 0 Å². The SMILES string of the molecule is B=Cc1cc(OCCCOCCC)ccc1C(CC)(CCNC)CCNC(=C)/C(CC)=C(\C)CCC. The van der Waals surface area contributed by atoms with Gasteiger partial charge in [-0.05, 0) is 0 Å². The van der Waals surface area contributed by atoms with Gasteiger partial charge in [0.2, 0.25) is 0 Å². The van der Waals surface area contributed by atoms with Crippen LogP contribution >= 0.6 is 0 Å². The first-order valence-electron chi connectivity index (χ1n) is 14.2. The third kappa shape index (κ3) is 10.3. The van der Waals surface area contributed by atoms with Crippen LogP contribution in [0.3, 0.4) is 0 Å². The number of allylic oxidation sites excluding steroid dienone is 2. The third-order valence-electron chi connectivity index (χ3n) is 7.19. The van der Waals surface area contributed by atoms with Crippen molar-refractivity contribution in [2.24, 2.45) is 0 Å². The number of hydrogen-bond acceptors (Lipinski definition) is 4. The summed E-state index contributed by atoms with van der Waals surface area (Å²) >= 11 is 0. The van der Waals surface area contributed by atoms with Crippen LogP contribution in [-0.4, -0.2) is 53.4 Å². The summed E-state index contributed by atoms with van der Waals surface area (Å²) in [6, 6.07) is 6.53. The Morgan fingerprint density at radius 1 is 1.06 bits per heavy atom. The van der Waals surface area contributed by atoms with E-state index in [2.05, 4.69) is 77.5 Å². The summed E-state index contributed by atoms with van der Waals surface area (Å²) in [6.07, 6.45) is 8.42. The van der Waals surface area contributed by atoms with Gasteiger partial charge < -0.3 is 0 Å². The van der Waals surface area contributed by atoms with Gasteiger partial charge in [0.15, 0.2) is 0 Å². The Labute approximate surface area is 223 Å². The summed E-state index contributed by atoms with van der Waals surface area (Å²) in [5.74, 6) is 2.88. The molecule has 0 heterocycles. The molecule has 1 aromatic rings. The Hall–Kier alpha value is -1.85. The van der Waals surface area contributed by atoms with Gasteiger partial charge in [0.25, 0.3) is 0 Å². The van der Waals surface area contributed by atoms with Crippen LogP contribution in [0, 0.1) is 0 Å². The minimum absolute atomic E-state index is 0.0426. The first-order chi connectivity index (χ1) is 17.4. The molecule has 4 nitrogen and oxygen atoms in total. The zero-order valence-electron chi connectivity index (χ0n) is 24.2. The second-order valence-corrected chi connectivity index (χ2v) is 9.77. The van der Waals surface area contributed by atoms with Crippen molar-refractivity contribution in [3.05, 3.63) is 52.7 Å². The van der Waals surface area contributed by atoms with E-state index >= 15 is 0 Å². The predicted molar refractivity (Wildman–Crippen MR) is 160 cm³/mol. The monoisotopic (exact) mass is 496 g/mol. The van der Waals surface area contributed by atoms with Gasteiger partial charge >= 0.3 is 216 Å². The molecule has 0 aliphatic carbocycles. The number of ether oxygens (including phenoxy) is 2. The topological polar surface area (TPSA) is 42.5 Å². The summed E-state index contributed by atoms with van der Waals surface area (Å²) in [7, 11) is 6.18. The summed E-state index contributed by atoms with van der Waals surface area (Å²) < 4.78 is 11.6. The standard InChI is InChI=1S/C31H53BN2O2/c1-8-13-25(5)29(10-3)26(6)34-19-17-31(11-4,16-18-33-7)30-15-14-28(23-27(30)24-32)36-22-12-21-35-20-9-2/h14-15,23-24,32-34H,6,8-13,16-22H2,1-5,7H3/b29-25+. The summed E-state index contributed by atoms with van der Waals surface area (Å²) in [4.78, 5) is 0. The Balaban J connectivity index is 3.02. The van der Waals surface area contributed by atoms with Gasteiger partial charge in [-0.25, -0.2) is 0 Å². The Kier molecular flexibility index (Phi) is 16.5. The van der Waals surface area contributed by atoms with E-state index in [1.54, 1.807) is 0 Å². The molecule has 0 bridgehead atoms. The van der Waals surface area contributed by atoms with Gasteiger partial charge in [0.1, 0.15) is 0 Å². The first-order valence-corrected chi connectivity index (χ1v) is 14.2. The number of hydrogen-bond donors (Lipinski definition) is 2. The molecule has 0 spiro atoms. The molecule has 0 fully saturated rings. The minimum atomic E-state index is 0.0426. The molecule has 0 aliphatic heterocycles. The van der Waals surface area contributed by atoms with Crippen LogP contribution in [0.15, 0.2) is 41.6 Å². The number of benzene rings is 1. The van der Waals surface area contributed by atoms with E-state index in [9.17, 15) is 0 Å². The van der Waals surface area contributed by atoms with E-state index in [0.717, 1.165) is 82.7 Å². The molecule has 2 N–H and O–H groups in total. The Morgan fingerprint density at radius 3 is 2.42 bits per heavy atom. The minimum Gasteiger partial charge on any atom is -0.0651 e. The van der Waals surface area contributed by atoms with Gasteiger partial charge in [-0.2, -0.15) is 0 Å². The zero-order valence-corrected chi connectivity index (χ0v) is 24.2. The van der Waals surface area contributed by atoms with Crippen molar-refractivity contribution in [2.75, 3.05) is 40.0 Å². The van der Waals surface area contributed by atoms with Gasteiger partial charge in [0, 0.05) is 0 Å². The average Bonchev–Trinajstić information content (AvgIpc) is 2.88. The molecule has 1 rings (SSSR count). The molecule has 36 heavy (non-hydrogen) atoms. The van der Waals surface area contributed by atoms with Crippen LogP contribution in [0.1, 0.15) is 97.1 Å². The maximum atomic E-state index is 6.04. The van der Waals surface area contributed by atoms with Crippen molar-refractivity contribution < 1.29 is 9.47 Å². The van der Waals surface area contributed by atoms with Crippen LogP contribution in [0.2, 0.25) is 0 Å². The van der Waals surface area contributed by atoms with Gasteiger partial charge in [0.05, 0.1) is 0 Å². The fourth-order valence-electron chi connectivity index (χ4n) is 5.04. The van der Waals surface area contributed by atoms with Crippen LogP contribution < -0.4 is 15.4 Å². The van der Waals surface area contributed by atoms with Crippen molar-refractivity contribution >= 4 is 13.5 Å². The fraction of sp³-hybridized carbons (Fsp3) is 0.645. The number of rotatable bonds is 21. The van der Waals surface area contributed by atoms with Crippen molar-refractivity contribution in [2.45, 2.75) is 91.4 Å². The quantitative estimate of drug-likeness (QED) is 0.121. The first kappa shape index (κ1) is 32.2. The molecule has 1 unspecified atom stereocenters. The number of nitrogens with one attached hydrogen (secondary N) is 2. The molecule has 1 aromatic carbocycles. The summed E-state index contributed by atoms with van der Waals surface area (Å²) in [6.45, 7) is 19.6. The van der Waals surface area contributed by atoms with E-state index < -0.39 is 0 Å². The summed E-state index contributed by atoms with van der Waals surface area (Å²) in [5.41, 5.74) is 6.48. The van der Waals surface area contributed by atoms with Crippen molar-refractivity contribution in [3.63, 3.8) is 0 Å². The molecule has 0 aliphatic rings. The molecule has 1 atom stereocenters. The van der Waals surface area contributed by atoms with Gasteiger partial charge in [-0.3, -0.25) is 0 Å². The second-order valence-electron chi connectivity index (χ2n) is 9.77. The van der Waals surface area contributed by atoms with Crippen LogP contribution in [0.4, 0.5) is 0 Å². The fourth-order valence-corrected chi connectivity index (χ4v) is 5.04.